The highest BCUT2D eigenvalue weighted by atomic mass is 35.5. The molecule has 0 radical (unpaired) electrons. The summed E-state index contributed by atoms with van der Waals surface area (Å²) >= 11 is 7.68. The molecule has 1 atom stereocenters. The SMILES string of the molecule is C[C@@H](OC(=O)Nc1ccsc1-c1ccc(N)cc1)c1ccccc1Cl. The molecule has 1 heterocycles. The van der Waals surface area contributed by atoms with Crippen molar-refractivity contribution in [1.29, 1.82) is 0 Å². The van der Waals surface area contributed by atoms with Crippen molar-refractivity contribution in [2.45, 2.75) is 13.0 Å². The molecule has 0 saturated carbocycles. The molecule has 0 bridgehead atoms. The monoisotopic (exact) mass is 372 g/mol. The summed E-state index contributed by atoms with van der Waals surface area (Å²) in [7, 11) is 0. The number of nitrogens with one attached hydrogen (secondary N) is 1. The normalized spacial score (nSPS) is 11.8. The van der Waals surface area contributed by atoms with Crippen LogP contribution in [-0.4, -0.2) is 6.09 Å². The van der Waals surface area contributed by atoms with E-state index in [2.05, 4.69) is 5.32 Å². The highest BCUT2D eigenvalue weighted by Crippen LogP contribution is 2.34. The third-order valence-electron chi connectivity index (χ3n) is 3.70. The number of amides is 1. The van der Waals surface area contributed by atoms with E-state index in [1.807, 2.05) is 53.9 Å². The third-order valence-corrected chi connectivity index (χ3v) is 5.01. The van der Waals surface area contributed by atoms with Gasteiger partial charge in [-0.25, -0.2) is 4.79 Å². The van der Waals surface area contributed by atoms with Crippen molar-refractivity contribution in [1.82, 2.24) is 0 Å². The molecule has 0 spiro atoms. The number of anilines is 2. The molecule has 1 amide bonds. The lowest BCUT2D eigenvalue weighted by atomic mass is 10.1. The topological polar surface area (TPSA) is 64.3 Å². The van der Waals surface area contributed by atoms with E-state index < -0.39 is 12.2 Å². The molecule has 3 N–H and O–H groups in total. The number of thiophene rings is 1. The molecular formula is C19H17ClN2O2S. The zero-order chi connectivity index (χ0) is 17.8. The predicted octanol–water partition coefficient (Wildman–Crippen LogP) is 5.96. The van der Waals surface area contributed by atoms with Crippen LogP contribution in [0.4, 0.5) is 16.2 Å². The van der Waals surface area contributed by atoms with Crippen molar-refractivity contribution in [2.75, 3.05) is 11.1 Å². The maximum absolute atomic E-state index is 12.3. The minimum Gasteiger partial charge on any atom is -0.441 e. The molecule has 4 nitrogen and oxygen atoms in total. The van der Waals surface area contributed by atoms with Crippen LogP contribution >= 0.6 is 22.9 Å². The van der Waals surface area contributed by atoms with Crippen LogP contribution in [0.3, 0.4) is 0 Å². The number of halogens is 1. The summed E-state index contributed by atoms with van der Waals surface area (Å²) in [5.74, 6) is 0. The summed E-state index contributed by atoms with van der Waals surface area (Å²) in [6, 6.07) is 16.6. The first-order valence-electron chi connectivity index (χ1n) is 7.70. The molecule has 0 aliphatic rings. The Morgan fingerprint density at radius 1 is 1.16 bits per heavy atom. The molecule has 0 unspecified atom stereocenters. The van der Waals surface area contributed by atoms with E-state index in [1.54, 1.807) is 13.0 Å². The van der Waals surface area contributed by atoms with E-state index in [0.29, 0.717) is 16.4 Å². The fourth-order valence-electron chi connectivity index (χ4n) is 2.43. The standard InChI is InChI=1S/C19H17ClN2O2S/c1-12(15-4-2-3-5-16(15)20)24-19(23)22-17-10-11-25-18(17)13-6-8-14(21)9-7-13/h2-12H,21H2,1H3,(H,22,23)/t12-/m1/s1. The van der Waals surface area contributed by atoms with Crippen molar-refractivity contribution in [3.8, 4) is 10.4 Å². The van der Waals surface area contributed by atoms with Crippen LogP contribution in [0.2, 0.25) is 5.02 Å². The first kappa shape index (κ1) is 17.3. The molecule has 0 aliphatic heterocycles. The van der Waals surface area contributed by atoms with Gasteiger partial charge in [0.05, 0.1) is 10.6 Å². The summed E-state index contributed by atoms with van der Waals surface area (Å²) in [6.07, 6.45) is -0.977. The van der Waals surface area contributed by atoms with Gasteiger partial charge in [0.25, 0.3) is 0 Å². The minimum absolute atomic E-state index is 0.452. The second-order valence-electron chi connectivity index (χ2n) is 5.48. The lowest BCUT2D eigenvalue weighted by Crippen LogP contribution is -2.16. The predicted molar refractivity (Wildman–Crippen MR) is 104 cm³/mol. The molecular weight excluding hydrogens is 356 g/mol. The van der Waals surface area contributed by atoms with Gasteiger partial charge in [0.1, 0.15) is 6.10 Å². The van der Waals surface area contributed by atoms with Crippen LogP contribution < -0.4 is 11.1 Å². The number of carbonyl (C=O) groups excluding carboxylic acids is 1. The number of ether oxygens (including phenoxy) is 1. The highest BCUT2D eigenvalue weighted by molar-refractivity contribution is 7.14. The van der Waals surface area contributed by atoms with Gasteiger partial charge in [-0.15, -0.1) is 11.3 Å². The van der Waals surface area contributed by atoms with Crippen molar-refractivity contribution in [3.63, 3.8) is 0 Å². The number of benzene rings is 2. The maximum atomic E-state index is 12.3. The van der Waals surface area contributed by atoms with Crippen molar-refractivity contribution in [2.24, 2.45) is 0 Å². The zero-order valence-corrected chi connectivity index (χ0v) is 15.1. The number of nitrogen functional groups attached to an aromatic ring is 1. The average molecular weight is 373 g/mol. The van der Waals surface area contributed by atoms with E-state index in [-0.39, 0.29) is 0 Å². The highest BCUT2D eigenvalue weighted by Gasteiger charge is 2.16. The second-order valence-corrected chi connectivity index (χ2v) is 6.80. The maximum Gasteiger partial charge on any atom is 0.412 e. The number of rotatable bonds is 4. The number of hydrogen-bond donors (Lipinski definition) is 2. The Kier molecular flexibility index (Phi) is 5.26. The molecule has 128 valence electrons. The molecule has 0 saturated heterocycles. The Bertz CT molecular complexity index is 877. The van der Waals surface area contributed by atoms with Crippen LogP contribution in [0.5, 0.6) is 0 Å². The van der Waals surface area contributed by atoms with Gasteiger partial charge in [-0.2, -0.15) is 0 Å². The quantitative estimate of drug-likeness (QED) is 0.555. The smallest absolute Gasteiger partial charge is 0.412 e. The van der Waals surface area contributed by atoms with E-state index in [4.69, 9.17) is 22.1 Å². The van der Waals surface area contributed by atoms with Crippen molar-refractivity contribution >= 4 is 40.4 Å². The molecule has 3 rings (SSSR count). The van der Waals surface area contributed by atoms with Gasteiger partial charge in [0, 0.05) is 16.3 Å². The van der Waals surface area contributed by atoms with E-state index in [9.17, 15) is 4.79 Å². The summed E-state index contributed by atoms with van der Waals surface area (Å²) < 4.78 is 5.45. The Balaban J connectivity index is 1.71. The molecule has 1 aromatic heterocycles. The Hall–Kier alpha value is -2.50. The third kappa shape index (κ3) is 4.13. The Labute approximate surface area is 155 Å². The van der Waals surface area contributed by atoms with Gasteiger partial charge in [0.2, 0.25) is 0 Å². The molecule has 0 fully saturated rings. The Morgan fingerprint density at radius 3 is 2.60 bits per heavy atom. The molecule has 6 heteroatoms. The van der Waals surface area contributed by atoms with Gasteiger partial charge < -0.3 is 10.5 Å². The van der Waals surface area contributed by atoms with Crippen LogP contribution in [0.1, 0.15) is 18.6 Å². The second kappa shape index (κ2) is 7.59. The lowest BCUT2D eigenvalue weighted by molar-refractivity contribution is 0.121. The Morgan fingerprint density at radius 2 is 1.88 bits per heavy atom. The zero-order valence-electron chi connectivity index (χ0n) is 13.5. The first-order chi connectivity index (χ1) is 12.0. The minimum atomic E-state index is -0.525. The van der Waals surface area contributed by atoms with Crippen molar-refractivity contribution in [3.05, 3.63) is 70.6 Å². The van der Waals surface area contributed by atoms with E-state index >= 15 is 0 Å². The molecule has 3 aromatic rings. The van der Waals surface area contributed by atoms with Gasteiger partial charge in [0.15, 0.2) is 0 Å². The van der Waals surface area contributed by atoms with Gasteiger partial charge in [-0.3, -0.25) is 5.32 Å². The molecule has 2 aromatic carbocycles. The molecule has 0 aliphatic carbocycles. The van der Waals surface area contributed by atoms with Gasteiger partial charge in [-0.05, 0) is 42.1 Å². The lowest BCUT2D eigenvalue weighted by Gasteiger charge is -2.15. The number of carbonyl (C=O) groups is 1. The van der Waals surface area contributed by atoms with E-state index in [1.165, 1.54) is 11.3 Å². The average Bonchev–Trinajstić information content (AvgIpc) is 3.03. The van der Waals surface area contributed by atoms with Crippen molar-refractivity contribution < 1.29 is 9.53 Å². The first-order valence-corrected chi connectivity index (χ1v) is 8.96. The van der Waals surface area contributed by atoms with Gasteiger partial charge in [-0.1, -0.05) is 41.9 Å². The van der Waals surface area contributed by atoms with E-state index in [0.717, 1.165) is 16.0 Å². The van der Waals surface area contributed by atoms with Crippen LogP contribution in [0, 0.1) is 0 Å². The summed E-state index contributed by atoms with van der Waals surface area (Å²) in [5, 5.41) is 5.28. The summed E-state index contributed by atoms with van der Waals surface area (Å²) in [5.41, 5.74) is 8.87. The fourth-order valence-corrected chi connectivity index (χ4v) is 3.58. The van der Waals surface area contributed by atoms with Gasteiger partial charge >= 0.3 is 6.09 Å². The van der Waals surface area contributed by atoms with Crippen LogP contribution in [0.25, 0.3) is 10.4 Å². The number of hydrogen-bond acceptors (Lipinski definition) is 4. The number of nitrogens with two attached hydrogens (primary N) is 1. The molecule has 25 heavy (non-hydrogen) atoms. The largest absolute Gasteiger partial charge is 0.441 e. The van der Waals surface area contributed by atoms with Crippen LogP contribution in [0.15, 0.2) is 60.0 Å². The fraction of sp³-hybridized carbons (Fsp3) is 0.105. The summed E-state index contributed by atoms with van der Waals surface area (Å²) in [4.78, 5) is 13.2. The summed E-state index contributed by atoms with van der Waals surface area (Å²) in [6.45, 7) is 1.79. The van der Waals surface area contributed by atoms with Crippen LogP contribution in [-0.2, 0) is 4.74 Å².